The van der Waals surface area contributed by atoms with Crippen LogP contribution in [0.3, 0.4) is 0 Å². The summed E-state index contributed by atoms with van der Waals surface area (Å²) in [5.74, 6) is 0. The molecule has 0 radical (unpaired) electrons. The van der Waals surface area contributed by atoms with Crippen LogP contribution in [-0.2, 0) is 12.8 Å². The van der Waals surface area contributed by atoms with E-state index in [4.69, 9.17) is 0 Å². The summed E-state index contributed by atoms with van der Waals surface area (Å²) in [5.41, 5.74) is 2.51. The minimum atomic E-state index is 0.160. The second kappa shape index (κ2) is 4.09. The van der Waals surface area contributed by atoms with E-state index in [9.17, 15) is 4.79 Å². The second-order valence-electron chi connectivity index (χ2n) is 4.92. The van der Waals surface area contributed by atoms with Gasteiger partial charge in [-0.1, -0.05) is 0 Å². The van der Waals surface area contributed by atoms with Crippen molar-refractivity contribution in [1.29, 1.82) is 0 Å². The molecule has 2 N–H and O–H groups in total. The van der Waals surface area contributed by atoms with Crippen LogP contribution >= 0.6 is 0 Å². The average Bonchev–Trinajstić information content (AvgIpc) is 2.69. The molecule has 1 aliphatic carbocycles. The van der Waals surface area contributed by atoms with E-state index >= 15 is 0 Å². The van der Waals surface area contributed by atoms with E-state index in [-0.39, 0.29) is 5.56 Å². The highest BCUT2D eigenvalue weighted by Crippen LogP contribution is 2.24. The molecule has 1 aliphatic heterocycles. The third-order valence-electron chi connectivity index (χ3n) is 3.90. The summed E-state index contributed by atoms with van der Waals surface area (Å²) in [6, 6.07) is 0.510. The molecule has 1 fully saturated rings. The van der Waals surface area contributed by atoms with Crippen molar-refractivity contribution in [2.24, 2.45) is 0 Å². The Labute approximate surface area is 95.0 Å². The molecule has 1 aromatic heterocycles. The van der Waals surface area contributed by atoms with Gasteiger partial charge in [0.15, 0.2) is 0 Å². The number of hydrogen-bond acceptors (Lipinski definition) is 2. The van der Waals surface area contributed by atoms with Gasteiger partial charge < -0.3 is 5.32 Å². The van der Waals surface area contributed by atoms with E-state index < -0.39 is 0 Å². The fraction of sp³-hybridized carbons (Fsp3) is 0.750. The van der Waals surface area contributed by atoms with Crippen molar-refractivity contribution < 1.29 is 0 Å². The monoisotopic (exact) mass is 221 g/mol. The predicted octanol–water partition coefficient (Wildman–Crippen LogP) is 0.980. The summed E-state index contributed by atoms with van der Waals surface area (Å²) < 4.78 is 2.18. The minimum Gasteiger partial charge on any atom is -0.317 e. The van der Waals surface area contributed by atoms with Crippen LogP contribution in [0.2, 0.25) is 0 Å². The van der Waals surface area contributed by atoms with Crippen LogP contribution in [0.4, 0.5) is 0 Å². The number of nitrogens with one attached hydrogen (secondary N) is 2. The summed E-state index contributed by atoms with van der Waals surface area (Å²) in [5, 5.41) is 6.42. The summed E-state index contributed by atoms with van der Waals surface area (Å²) in [6.45, 7) is 2.14. The number of fused-ring (bicyclic) bond motifs is 1. The van der Waals surface area contributed by atoms with Crippen molar-refractivity contribution in [3.8, 4) is 0 Å². The number of piperidine rings is 1. The normalized spacial score (nSPS) is 22.0. The third kappa shape index (κ3) is 1.61. The highest BCUT2D eigenvalue weighted by Gasteiger charge is 2.23. The molecule has 4 nitrogen and oxygen atoms in total. The number of nitrogens with zero attached hydrogens (tertiary/aromatic N) is 1. The van der Waals surface area contributed by atoms with Crippen LogP contribution in [0.5, 0.6) is 0 Å². The molecule has 0 unspecified atom stereocenters. The topological polar surface area (TPSA) is 49.8 Å². The molecule has 0 amide bonds. The molecule has 0 saturated carbocycles. The summed E-state index contributed by atoms with van der Waals surface area (Å²) in [4.78, 5) is 11.8. The van der Waals surface area contributed by atoms with Gasteiger partial charge in [0.1, 0.15) is 0 Å². The molecule has 88 valence electrons. The standard InChI is InChI=1S/C12H19N3O/c16-12-10-3-1-2-4-11(10)15(14-12)9-5-7-13-8-6-9/h9,13H,1-8H2,(H,14,16). The highest BCUT2D eigenvalue weighted by molar-refractivity contribution is 5.21. The van der Waals surface area contributed by atoms with Gasteiger partial charge >= 0.3 is 0 Å². The van der Waals surface area contributed by atoms with Crippen LogP contribution < -0.4 is 10.9 Å². The van der Waals surface area contributed by atoms with E-state index in [0.717, 1.165) is 44.3 Å². The maximum Gasteiger partial charge on any atom is 0.267 e. The van der Waals surface area contributed by atoms with Crippen LogP contribution in [0.15, 0.2) is 4.79 Å². The van der Waals surface area contributed by atoms with Gasteiger partial charge in [0, 0.05) is 11.3 Å². The molecule has 0 bridgehead atoms. The Kier molecular flexibility index (Phi) is 2.59. The van der Waals surface area contributed by atoms with Crippen molar-refractivity contribution >= 4 is 0 Å². The van der Waals surface area contributed by atoms with Gasteiger partial charge in [-0.25, -0.2) is 0 Å². The molecular formula is C12H19N3O. The number of aromatic amines is 1. The van der Waals surface area contributed by atoms with Gasteiger partial charge in [-0.05, 0) is 51.6 Å². The third-order valence-corrected chi connectivity index (χ3v) is 3.90. The first-order valence-electron chi connectivity index (χ1n) is 6.39. The minimum absolute atomic E-state index is 0.160. The Hall–Kier alpha value is -1.03. The van der Waals surface area contributed by atoms with Crippen LogP contribution in [0.1, 0.15) is 43.0 Å². The molecule has 2 aliphatic rings. The van der Waals surface area contributed by atoms with Crippen molar-refractivity contribution in [2.45, 2.75) is 44.6 Å². The smallest absolute Gasteiger partial charge is 0.267 e. The fourth-order valence-corrected chi connectivity index (χ4v) is 3.02. The number of hydrogen-bond donors (Lipinski definition) is 2. The zero-order valence-corrected chi connectivity index (χ0v) is 9.59. The molecular weight excluding hydrogens is 202 g/mol. The average molecular weight is 221 g/mol. The Morgan fingerprint density at radius 2 is 1.88 bits per heavy atom. The van der Waals surface area contributed by atoms with Crippen molar-refractivity contribution in [1.82, 2.24) is 15.1 Å². The van der Waals surface area contributed by atoms with Crippen LogP contribution in [-0.4, -0.2) is 22.9 Å². The zero-order chi connectivity index (χ0) is 11.0. The van der Waals surface area contributed by atoms with Crippen molar-refractivity contribution in [2.75, 3.05) is 13.1 Å². The zero-order valence-electron chi connectivity index (χ0n) is 9.59. The molecule has 2 heterocycles. The van der Waals surface area contributed by atoms with Crippen molar-refractivity contribution in [3.05, 3.63) is 21.6 Å². The van der Waals surface area contributed by atoms with Crippen LogP contribution in [0.25, 0.3) is 0 Å². The molecule has 0 spiro atoms. The molecule has 4 heteroatoms. The van der Waals surface area contributed by atoms with Gasteiger partial charge in [-0.3, -0.25) is 14.6 Å². The summed E-state index contributed by atoms with van der Waals surface area (Å²) in [6.07, 6.45) is 6.73. The molecule has 16 heavy (non-hydrogen) atoms. The van der Waals surface area contributed by atoms with Gasteiger partial charge in [0.2, 0.25) is 0 Å². The first-order chi connectivity index (χ1) is 7.86. The molecule has 0 aromatic carbocycles. The Balaban J connectivity index is 1.97. The number of H-pyrrole nitrogens is 1. The number of aromatic nitrogens is 2. The second-order valence-corrected chi connectivity index (χ2v) is 4.92. The highest BCUT2D eigenvalue weighted by atomic mass is 16.1. The lowest BCUT2D eigenvalue weighted by molar-refractivity contribution is 0.332. The SMILES string of the molecule is O=c1[nH]n(C2CCNCC2)c2c1CCCC2. The Morgan fingerprint density at radius 1 is 1.12 bits per heavy atom. The largest absolute Gasteiger partial charge is 0.317 e. The first-order valence-corrected chi connectivity index (χ1v) is 6.39. The van der Waals surface area contributed by atoms with Crippen molar-refractivity contribution in [3.63, 3.8) is 0 Å². The lowest BCUT2D eigenvalue weighted by Gasteiger charge is -2.26. The van der Waals surface area contributed by atoms with E-state index in [1.165, 1.54) is 18.5 Å². The van der Waals surface area contributed by atoms with E-state index in [0.29, 0.717) is 6.04 Å². The fourth-order valence-electron chi connectivity index (χ4n) is 3.02. The quantitative estimate of drug-likeness (QED) is 0.742. The van der Waals surface area contributed by atoms with Crippen LogP contribution in [0, 0.1) is 0 Å². The molecule has 1 aromatic rings. The van der Waals surface area contributed by atoms with E-state index in [1.807, 2.05) is 0 Å². The molecule has 0 atom stereocenters. The molecule has 1 saturated heterocycles. The first kappa shape index (κ1) is 10.1. The van der Waals surface area contributed by atoms with E-state index in [1.54, 1.807) is 0 Å². The maximum atomic E-state index is 11.8. The summed E-state index contributed by atoms with van der Waals surface area (Å²) >= 11 is 0. The number of rotatable bonds is 1. The molecule has 3 rings (SSSR count). The van der Waals surface area contributed by atoms with Gasteiger partial charge in [-0.15, -0.1) is 0 Å². The maximum absolute atomic E-state index is 11.8. The predicted molar refractivity (Wildman–Crippen MR) is 62.8 cm³/mol. The lowest BCUT2D eigenvalue weighted by Crippen LogP contribution is -2.31. The Bertz CT molecular complexity index is 426. The van der Waals surface area contributed by atoms with Gasteiger partial charge in [0.25, 0.3) is 5.56 Å². The summed E-state index contributed by atoms with van der Waals surface area (Å²) in [7, 11) is 0. The van der Waals surface area contributed by atoms with Gasteiger partial charge in [-0.2, -0.15) is 0 Å². The van der Waals surface area contributed by atoms with Gasteiger partial charge in [0.05, 0.1) is 6.04 Å². The lowest BCUT2D eigenvalue weighted by atomic mass is 9.97. The Morgan fingerprint density at radius 3 is 2.69 bits per heavy atom. The van der Waals surface area contributed by atoms with E-state index in [2.05, 4.69) is 15.1 Å².